The molecule has 0 radical (unpaired) electrons. The van der Waals surface area contributed by atoms with Crippen molar-refractivity contribution in [3.63, 3.8) is 0 Å². The summed E-state index contributed by atoms with van der Waals surface area (Å²) in [5, 5.41) is 6.07. The van der Waals surface area contributed by atoms with Crippen molar-refractivity contribution in [1.29, 1.82) is 0 Å². The normalized spacial score (nSPS) is 10.7. The van der Waals surface area contributed by atoms with Gasteiger partial charge in [-0.1, -0.05) is 24.6 Å². The Hall–Kier alpha value is -0.550. The number of rotatable bonds is 6. The van der Waals surface area contributed by atoms with Crippen LogP contribution in [0.1, 0.15) is 17.4 Å². The van der Waals surface area contributed by atoms with E-state index in [0.717, 1.165) is 33.9 Å². The maximum atomic E-state index is 6.23. The highest BCUT2D eigenvalue weighted by molar-refractivity contribution is 9.10. The van der Waals surface area contributed by atoms with Crippen LogP contribution in [0.4, 0.5) is 0 Å². The Balaban J connectivity index is 2.08. The molecule has 0 amide bonds. The summed E-state index contributed by atoms with van der Waals surface area (Å²) in [6.07, 6.45) is 0. The number of hydrogen-bond donors (Lipinski definition) is 1. The predicted octanol–water partition coefficient (Wildman–Crippen LogP) is 4.85. The van der Waals surface area contributed by atoms with E-state index >= 15 is 0 Å². The molecule has 1 heterocycles. The first-order valence-electron chi connectivity index (χ1n) is 6.04. The second-order valence-corrected chi connectivity index (χ2v) is 6.34. The van der Waals surface area contributed by atoms with Crippen LogP contribution < -0.4 is 10.1 Å². The molecule has 2 aromatic rings. The van der Waals surface area contributed by atoms with Crippen LogP contribution in [0.5, 0.6) is 5.75 Å². The summed E-state index contributed by atoms with van der Waals surface area (Å²) < 4.78 is 6.97. The molecule has 0 saturated carbocycles. The zero-order valence-corrected chi connectivity index (χ0v) is 13.7. The minimum absolute atomic E-state index is 0.565. The van der Waals surface area contributed by atoms with E-state index in [-0.39, 0.29) is 0 Å². The lowest BCUT2D eigenvalue weighted by atomic mass is 10.2. The summed E-state index contributed by atoms with van der Waals surface area (Å²) in [7, 11) is 0. The van der Waals surface area contributed by atoms with Crippen LogP contribution in [-0.2, 0) is 13.2 Å². The highest BCUT2D eigenvalue weighted by Crippen LogP contribution is 2.28. The Morgan fingerprint density at radius 3 is 2.95 bits per heavy atom. The van der Waals surface area contributed by atoms with Crippen molar-refractivity contribution in [2.45, 2.75) is 20.1 Å². The van der Waals surface area contributed by atoms with E-state index in [2.05, 4.69) is 39.6 Å². The second kappa shape index (κ2) is 7.29. The van der Waals surface area contributed by atoms with E-state index in [4.69, 9.17) is 16.3 Å². The first kappa shape index (κ1) is 14.9. The van der Waals surface area contributed by atoms with Gasteiger partial charge < -0.3 is 10.1 Å². The van der Waals surface area contributed by atoms with Crippen molar-refractivity contribution in [3.05, 3.63) is 49.6 Å². The zero-order valence-electron chi connectivity index (χ0n) is 10.6. The number of nitrogens with one attached hydrogen (secondary N) is 1. The predicted molar refractivity (Wildman–Crippen MR) is 85.2 cm³/mol. The molecule has 5 heteroatoms. The monoisotopic (exact) mass is 359 g/mol. The summed E-state index contributed by atoms with van der Waals surface area (Å²) in [5.41, 5.74) is 1.02. The van der Waals surface area contributed by atoms with Crippen LogP contribution in [0.3, 0.4) is 0 Å². The van der Waals surface area contributed by atoms with E-state index in [1.54, 1.807) is 11.3 Å². The smallest absolute Gasteiger partial charge is 0.125 e. The van der Waals surface area contributed by atoms with Gasteiger partial charge in [0.2, 0.25) is 0 Å². The van der Waals surface area contributed by atoms with Crippen molar-refractivity contribution >= 4 is 38.9 Å². The Bertz CT molecular complexity index is 544. The minimum atomic E-state index is 0.565. The first-order valence-corrected chi connectivity index (χ1v) is 8.09. The summed E-state index contributed by atoms with van der Waals surface area (Å²) in [5.74, 6) is 0.845. The number of thiophene rings is 1. The van der Waals surface area contributed by atoms with Gasteiger partial charge >= 0.3 is 0 Å². The number of ether oxygens (including phenoxy) is 1. The molecule has 1 aromatic carbocycles. The topological polar surface area (TPSA) is 21.3 Å². The van der Waals surface area contributed by atoms with E-state index in [9.17, 15) is 0 Å². The molecule has 1 aromatic heterocycles. The van der Waals surface area contributed by atoms with E-state index in [1.807, 2.05) is 18.2 Å². The van der Waals surface area contributed by atoms with Crippen molar-refractivity contribution in [2.75, 3.05) is 6.54 Å². The summed E-state index contributed by atoms with van der Waals surface area (Å²) in [6, 6.07) is 7.83. The molecule has 1 N–H and O–H groups in total. The molecule has 2 nitrogen and oxygen atoms in total. The standard InChI is InChI=1S/C14H15BrClNOS/c1-2-17-7-12-13(16)4-3-5-14(12)18-8-11-6-10(15)9-19-11/h3-6,9,17H,2,7-8H2,1H3. The third kappa shape index (κ3) is 4.21. The Kier molecular flexibility index (Phi) is 5.70. The maximum Gasteiger partial charge on any atom is 0.125 e. The molecule has 102 valence electrons. The number of halogens is 2. The molecule has 0 fully saturated rings. The molecule has 19 heavy (non-hydrogen) atoms. The fraction of sp³-hybridized carbons (Fsp3) is 0.286. The molecule has 0 saturated heterocycles. The Labute approximate surface area is 130 Å². The first-order chi connectivity index (χ1) is 9.20. The van der Waals surface area contributed by atoms with Crippen LogP contribution >= 0.6 is 38.9 Å². The molecule has 2 rings (SSSR count). The second-order valence-electron chi connectivity index (χ2n) is 4.02. The summed E-state index contributed by atoms with van der Waals surface area (Å²) >= 11 is 11.3. The van der Waals surface area contributed by atoms with Crippen molar-refractivity contribution < 1.29 is 4.74 Å². The maximum absolute atomic E-state index is 6.23. The van der Waals surface area contributed by atoms with E-state index in [1.165, 1.54) is 4.88 Å². The summed E-state index contributed by atoms with van der Waals surface area (Å²) in [6.45, 7) is 4.26. The van der Waals surface area contributed by atoms with Crippen LogP contribution in [0.25, 0.3) is 0 Å². The molecule has 0 aliphatic carbocycles. The SMILES string of the molecule is CCNCc1c(Cl)cccc1OCc1cc(Br)cs1. The summed E-state index contributed by atoms with van der Waals surface area (Å²) in [4.78, 5) is 1.18. The van der Waals surface area contributed by atoms with Gasteiger partial charge in [0.05, 0.1) is 0 Å². The van der Waals surface area contributed by atoms with Crippen molar-refractivity contribution in [2.24, 2.45) is 0 Å². The highest BCUT2D eigenvalue weighted by Gasteiger charge is 2.08. The third-order valence-electron chi connectivity index (χ3n) is 2.62. The van der Waals surface area contributed by atoms with Gasteiger partial charge in [0.25, 0.3) is 0 Å². The molecule has 0 aliphatic rings. The highest BCUT2D eigenvalue weighted by atomic mass is 79.9. The molecular weight excluding hydrogens is 346 g/mol. The molecule has 0 aliphatic heterocycles. The van der Waals surface area contributed by atoms with Crippen molar-refractivity contribution in [3.8, 4) is 5.75 Å². The Morgan fingerprint density at radius 1 is 1.42 bits per heavy atom. The lowest BCUT2D eigenvalue weighted by Gasteiger charge is -2.12. The molecule has 0 unspecified atom stereocenters. The lowest BCUT2D eigenvalue weighted by Crippen LogP contribution is -2.13. The molecule has 0 atom stereocenters. The van der Waals surface area contributed by atoms with Crippen molar-refractivity contribution in [1.82, 2.24) is 5.32 Å². The van der Waals surface area contributed by atoms with E-state index in [0.29, 0.717) is 6.61 Å². The van der Waals surface area contributed by atoms with Gasteiger partial charge in [0, 0.05) is 31.9 Å². The van der Waals surface area contributed by atoms with Gasteiger partial charge in [-0.2, -0.15) is 0 Å². The average molecular weight is 361 g/mol. The van der Waals surface area contributed by atoms with Gasteiger partial charge in [-0.25, -0.2) is 0 Å². The lowest BCUT2D eigenvalue weighted by molar-refractivity contribution is 0.305. The zero-order chi connectivity index (χ0) is 13.7. The van der Waals surface area contributed by atoms with Crippen LogP contribution in [0.2, 0.25) is 5.02 Å². The number of hydrogen-bond acceptors (Lipinski definition) is 3. The van der Waals surface area contributed by atoms with Gasteiger partial charge in [-0.05, 0) is 40.7 Å². The Morgan fingerprint density at radius 2 is 2.26 bits per heavy atom. The van der Waals surface area contributed by atoms with Gasteiger partial charge in [0.1, 0.15) is 12.4 Å². The van der Waals surface area contributed by atoms with Gasteiger partial charge in [-0.3, -0.25) is 0 Å². The quantitative estimate of drug-likeness (QED) is 0.795. The van der Waals surface area contributed by atoms with E-state index < -0.39 is 0 Å². The largest absolute Gasteiger partial charge is 0.488 e. The molecule has 0 bridgehead atoms. The average Bonchev–Trinajstić information content (AvgIpc) is 2.81. The van der Waals surface area contributed by atoms with Gasteiger partial charge in [0.15, 0.2) is 0 Å². The van der Waals surface area contributed by atoms with Crippen LogP contribution in [-0.4, -0.2) is 6.54 Å². The number of benzene rings is 1. The third-order valence-corrected chi connectivity index (χ3v) is 4.64. The van der Waals surface area contributed by atoms with Crippen LogP contribution in [0, 0.1) is 0 Å². The van der Waals surface area contributed by atoms with Gasteiger partial charge in [-0.15, -0.1) is 11.3 Å². The fourth-order valence-electron chi connectivity index (χ4n) is 1.67. The molecular formula is C14H15BrClNOS. The molecule has 0 spiro atoms. The fourth-order valence-corrected chi connectivity index (χ4v) is 3.27. The van der Waals surface area contributed by atoms with Crippen LogP contribution in [0.15, 0.2) is 34.1 Å². The minimum Gasteiger partial charge on any atom is -0.488 e.